The molecule has 2 aromatic heterocycles. The van der Waals surface area contributed by atoms with Crippen molar-refractivity contribution in [1.29, 1.82) is 0 Å². The predicted molar refractivity (Wildman–Crippen MR) is 139 cm³/mol. The molecule has 0 saturated carbocycles. The minimum absolute atomic E-state index is 0.0122. The van der Waals surface area contributed by atoms with E-state index in [1.807, 2.05) is 42.5 Å². The summed E-state index contributed by atoms with van der Waals surface area (Å²) < 4.78 is 27.6. The van der Waals surface area contributed by atoms with Crippen LogP contribution in [-0.2, 0) is 19.6 Å². The van der Waals surface area contributed by atoms with Crippen molar-refractivity contribution in [1.82, 2.24) is 19.2 Å². The number of benzene rings is 1. The molecule has 2 aliphatic rings. The third-order valence-electron chi connectivity index (χ3n) is 6.74. The molecule has 37 heavy (non-hydrogen) atoms. The Balaban J connectivity index is 1.44. The van der Waals surface area contributed by atoms with Crippen molar-refractivity contribution in [2.75, 3.05) is 13.1 Å². The van der Waals surface area contributed by atoms with Gasteiger partial charge < -0.3 is 4.90 Å². The Hall–Kier alpha value is -3.85. The van der Waals surface area contributed by atoms with Gasteiger partial charge in [0.25, 0.3) is 10.0 Å². The number of nitrogens with zero attached hydrogens (tertiary/aromatic N) is 4. The fourth-order valence-electron chi connectivity index (χ4n) is 5.03. The maximum atomic E-state index is 14.0. The average Bonchev–Trinajstić information content (AvgIpc) is 3.49. The summed E-state index contributed by atoms with van der Waals surface area (Å²) in [4.78, 5) is 37.0. The first kappa shape index (κ1) is 24.8. The Morgan fingerprint density at radius 2 is 1.92 bits per heavy atom. The molecule has 3 aromatic rings. The highest BCUT2D eigenvalue weighted by Gasteiger charge is 2.49. The van der Waals surface area contributed by atoms with E-state index < -0.39 is 22.0 Å². The van der Waals surface area contributed by atoms with Crippen molar-refractivity contribution in [3.63, 3.8) is 0 Å². The van der Waals surface area contributed by atoms with E-state index in [4.69, 9.17) is 0 Å². The molecular weight excluding hydrogens is 488 g/mol. The fourth-order valence-corrected chi connectivity index (χ4v) is 6.48. The van der Waals surface area contributed by atoms with Crippen molar-refractivity contribution in [3.8, 4) is 11.3 Å². The van der Waals surface area contributed by atoms with Gasteiger partial charge >= 0.3 is 0 Å². The average molecular weight is 517 g/mol. The number of rotatable bonds is 7. The van der Waals surface area contributed by atoms with Gasteiger partial charge in [0.15, 0.2) is 5.78 Å². The second-order valence-corrected chi connectivity index (χ2v) is 11.6. The van der Waals surface area contributed by atoms with Crippen LogP contribution in [0.15, 0.2) is 89.9 Å². The van der Waals surface area contributed by atoms with Gasteiger partial charge in [-0.1, -0.05) is 38.1 Å². The zero-order valence-corrected chi connectivity index (χ0v) is 21.5. The molecule has 190 valence electrons. The standard InChI is InChI=1S/C28H28N4O4S/c1-19(2)15-23(20-7-5-8-21(16-20)24-10-3-4-13-30-24)28(34)31-14-11-25-27(31)26(33)18-32(25)37(35,36)22-9-6-12-29-17-22/h3-13,16-17,19,23,27H,14-15,18H2,1-2H3. The molecule has 9 heteroatoms. The van der Waals surface area contributed by atoms with Crippen molar-refractivity contribution in [2.45, 2.75) is 37.1 Å². The number of pyridine rings is 2. The number of sulfonamides is 1. The van der Waals surface area contributed by atoms with Gasteiger partial charge in [-0.15, -0.1) is 0 Å². The van der Waals surface area contributed by atoms with Crippen molar-refractivity contribution < 1.29 is 18.0 Å². The molecule has 0 radical (unpaired) electrons. The number of Topliss-reactive ketones (excluding diaryl/α,β-unsaturated/α-hetero) is 1. The van der Waals surface area contributed by atoms with E-state index in [1.54, 1.807) is 12.3 Å². The van der Waals surface area contributed by atoms with Gasteiger partial charge in [-0.3, -0.25) is 23.9 Å². The van der Waals surface area contributed by atoms with E-state index >= 15 is 0 Å². The van der Waals surface area contributed by atoms with Crippen LogP contribution in [0.5, 0.6) is 0 Å². The summed E-state index contributed by atoms with van der Waals surface area (Å²) in [7, 11) is -3.97. The summed E-state index contributed by atoms with van der Waals surface area (Å²) in [5, 5.41) is 0. The molecule has 4 heterocycles. The van der Waals surface area contributed by atoms with Crippen LogP contribution in [0.1, 0.15) is 31.7 Å². The van der Waals surface area contributed by atoms with Crippen LogP contribution in [0.4, 0.5) is 0 Å². The van der Waals surface area contributed by atoms with Crippen molar-refractivity contribution in [2.24, 2.45) is 5.92 Å². The largest absolute Gasteiger partial charge is 0.323 e. The van der Waals surface area contributed by atoms with Crippen LogP contribution in [0.2, 0.25) is 0 Å². The van der Waals surface area contributed by atoms with Gasteiger partial charge in [0.2, 0.25) is 5.91 Å². The number of ketones is 1. The lowest BCUT2D eigenvalue weighted by molar-refractivity contribution is -0.137. The molecule has 1 amide bonds. The molecule has 0 bridgehead atoms. The Morgan fingerprint density at radius 3 is 2.62 bits per heavy atom. The number of amides is 1. The van der Waals surface area contributed by atoms with Crippen LogP contribution in [-0.4, -0.2) is 58.4 Å². The lowest BCUT2D eigenvalue weighted by Gasteiger charge is -2.29. The van der Waals surface area contributed by atoms with E-state index in [9.17, 15) is 18.0 Å². The third kappa shape index (κ3) is 4.67. The minimum Gasteiger partial charge on any atom is -0.323 e. The maximum Gasteiger partial charge on any atom is 0.266 e. The topological polar surface area (TPSA) is 101 Å². The highest BCUT2D eigenvalue weighted by atomic mass is 32.2. The molecule has 2 atom stereocenters. The quantitative estimate of drug-likeness (QED) is 0.475. The second-order valence-electron chi connectivity index (χ2n) is 9.71. The predicted octanol–water partition coefficient (Wildman–Crippen LogP) is 3.64. The van der Waals surface area contributed by atoms with Gasteiger partial charge in [0.05, 0.1) is 23.9 Å². The Bertz CT molecular complexity index is 1460. The van der Waals surface area contributed by atoms with Crippen LogP contribution >= 0.6 is 0 Å². The third-order valence-corrected chi connectivity index (χ3v) is 8.50. The molecule has 5 rings (SSSR count). The summed E-state index contributed by atoms with van der Waals surface area (Å²) in [6, 6.07) is 15.5. The smallest absolute Gasteiger partial charge is 0.266 e. The number of hydrogen-bond donors (Lipinski definition) is 0. The van der Waals surface area contributed by atoms with Crippen LogP contribution in [0.3, 0.4) is 0 Å². The van der Waals surface area contributed by atoms with E-state index in [0.717, 1.165) is 21.1 Å². The van der Waals surface area contributed by atoms with Gasteiger partial charge in [-0.05, 0) is 54.3 Å². The highest BCUT2D eigenvalue weighted by molar-refractivity contribution is 7.89. The number of hydrogen-bond acceptors (Lipinski definition) is 6. The highest BCUT2D eigenvalue weighted by Crippen LogP contribution is 2.37. The normalized spacial score (nSPS) is 18.2. The second kappa shape index (κ2) is 9.89. The fraction of sp³-hybridized carbons (Fsp3) is 0.286. The van der Waals surface area contributed by atoms with Gasteiger partial charge in [-0.2, -0.15) is 0 Å². The molecule has 0 spiro atoms. The molecule has 0 N–H and O–H groups in total. The van der Waals surface area contributed by atoms with Crippen LogP contribution in [0, 0.1) is 5.92 Å². The molecule has 2 aliphatic heterocycles. The van der Waals surface area contributed by atoms with E-state index in [2.05, 4.69) is 23.8 Å². The van der Waals surface area contributed by atoms with Crippen LogP contribution < -0.4 is 0 Å². The Kier molecular flexibility index (Phi) is 6.64. The molecule has 1 fully saturated rings. The molecule has 2 unspecified atom stereocenters. The van der Waals surface area contributed by atoms with Gasteiger partial charge in [0.1, 0.15) is 10.9 Å². The number of fused-ring (bicyclic) bond motifs is 1. The summed E-state index contributed by atoms with van der Waals surface area (Å²) in [6.45, 7) is 3.98. The molecule has 0 aliphatic carbocycles. The zero-order valence-electron chi connectivity index (χ0n) is 20.7. The van der Waals surface area contributed by atoms with E-state index in [1.165, 1.54) is 29.4 Å². The van der Waals surface area contributed by atoms with Crippen molar-refractivity contribution in [3.05, 3.63) is 90.5 Å². The first-order valence-electron chi connectivity index (χ1n) is 12.2. The first-order chi connectivity index (χ1) is 17.8. The molecule has 1 aromatic carbocycles. The summed E-state index contributed by atoms with van der Waals surface area (Å²) in [6.07, 6.45) is 6.75. The molecule has 8 nitrogen and oxygen atoms in total. The zero-order chi connectivity index (χ0) is 26.2. The maximum absolute atomic E-state index is 14.0. The number of carbonyl (C=O) groups is 2. The van der Waals surface area contributed by atoms with Crippen LogP contribution in [0.25, 0.3) is 11.3 Å². The van der Waals surface area contributed by atoms with E-state index in [0.29, 0.717) is 12.1 Å². The summed E-state index contributed by atoms with van der Waals surface area (Å²) >= 11 is 0. The lowest BCUT2D eigenvalue weighted by atomic mass is 9.87. The van der Waals surface area contributed by atoms with E-state index in [-0.39, 0.29) is 35.6 Å². The number of aromatic nitrogens is 2. The summed E-state index contributed by atoms with van der Waals surface area (Å²) in [5.41, 5.74) is 2.91. The number of carbonyl (C=O) groups excluding carboxylic acids is 2. The van der Waals surface area contributed by atoms with Crippen molar-refractivity contribution >= 4 is 21.7 Å². The monoisotopic (exact) mass is 516 g/mol. The Morgan fingerprint density at radius 1 is 1.08 bits per heavy atom. The first-order valence-corrected chi connectivity index (χ1v) is 13.7. The molecule has 1 saturated heterocycles. The SMILES string of the molecule is CC(C)CC(C(=O)N1CC=C2C1C(=O)CN2S(=O)(=O)c1cccnc1)c1cccc(-c2ccccn2)c1. The van der Waals surface area contributed by atoms with Gasteiger partial charge in [-0.25, -0.2) is 8.42 Å². The van der Waals surface area contributed by atoms with Gasteiger partial charge in [0, 0.05) is 30.7 Å². The Labute approximate surface area is 216 Å². The minimum atomic E-state index is -3.97. The summed E-state index contributed by atoms with van der Waals surface area (Å²) in [5.74, 6) is -0.746. The lowest BCUT2D eigenvalue weighted by Crippen LogP contribution is -2.43. The molecular formula is C28H28N4O4S.